The number of carbonyl (C=O) groups is 2. The molecule has 0 bridgehead atoms. The molecule has 1 amide bonds. The van der Waals surface area contributed by atoms with Gasteiger partial charge in [-0.25, -0.2) is 4.98 Å². The molecule has 0 saturated carbocycles. The molecule has 1 aromatic carbocycles. The molecule has 0 atom stereocenters. The SMILES string of the molecule is CCC(CC)(CC(=O)O)NC(=O)CCSCc1nc2ccccc2c(=O)[nH]1. The summed E-state index contributed by atoms with van der Waals surface area (Å²) in [5.41, 5.74) is -0.212. The fourth-order valence-corrected chi connectivity index (χ4v) is 3.71. The summed E-state index contributed by atoms with van der Waals surface area (Å²) < 4.78 is 0. The Bertz CT molecular complexity index is 861. The van der Waals surface area contributed by atoms with Crippen molar-refractivity contribution in [2.24, 2.45) is 0 Å². The summed E-state index contributed by atoms with van der Waals surface area (Å²) in [7, 11) is 0. The molecule has 0 aliphatic rings. The highest BCUT2D eigenvalue weighted by molar-refractivity contribution is 7.98. The van der Waals surface area contributed by atoms with E-state index in [4.69, 9.17) is 5.11 Å². The molecule has 0 unspecified atom stereocenters. The van der Waals surface area contributed by atoms with Crippen molar-refractivity contribution in [3.05, 3.63) is 40.4 Å². The Balaban J connectivity index is 1.86. The summed E-state index contributed by atoms with van der Waals surface area (Å²) in [4.78, 5) is 42.5. The second-order valence-corrected chi connectivity index (χ2v) is 7.54. The Labute approximate surface area is 162 Å². The van der Waals surface area contributed by atoms with Gasteiger partial charge in [0.05, 0.1) is 23.1 Å². The van der Waals surface area contributed by atoms with Crippen LogP contribution >= 0.6 is 11.8 Å². The molecule has 0 aliphatic carbocycles. The monoisotopic (exact) mass is 391 g/mol. The maximum atomic E-state index is 12.2. The Morgan fingerprint density at radius 2 is 1.96 bits per heavy atom. The Hall–Kier alpha value is -2.35. The number of fused-ring (bicyclic) bond motifs is 1. The van der Waals surface area contributed by atoms with Crippen LogP contribution in [0.25, 0.3) is 10.9 Å². The van der Waals surface area contributed by atoms with Crippen molar-refractivity contribution >= 4 is 34.5 Å². The van der Waals surface area contributed by atoms with Crippen LogP contribution in [-0.4, -0.2) is 38.2 Å². The van der Waals surface area contributed by atoms with Crippen LogP contribution in [0.1, 0.15) is 45.4 Å². The minimum absolute atomic E-state index is 0.0822. The molecule has 2 aromatic rings. The first kappa shape index (κ1) is 21.0. The zero-order valence-corrected chi connectivity index (χ0v) is 16.4. The number of thioether (sulfide) groups is 1. The third kappa shape index (κ3) is 5.82. The zero-order valence-electron chi connectivity index (χ0n) is 15.6. The van der Waals surface area contributed by atoms with Crippen LogP contribution in [0.3, 0.4) is 0 Å². The predicted molar refractivity (Wildman–Crippen MR) is 107 cm³/mol. The number of nitrogens with zero attached hydrogens (tertiary/aromatic N) is 1. The Morgan fingerprint density at radius 3 is 2.63 bits per heavy atom. The molecule has 0 saturated heterocycles. The van der Waals surface area contributed by atoms with Crippen molar-refractivity contribution in [1.82, 2.24) is 15.3 Å². The third-order valence-electron chi connectivity index (χ3n) is 4.62. The summed E-state index contributed by atoms with van der Waals surface area (Å²) in [5, 5.41) is 12.5. The standard InChI is InChI=1S/C19H25N3O4S/c1-3-19(4-2,11-17(24)25)22-16(23)9-10-27-12-15-20-14-8-6-5-7-13(14)18(26)21-15/h5-8H,3-4,9-12H2,1-2H3,(H,22,23)(H,24,25)(H,20,21,26). The van der Waals surface area contributed by atoms with E-state index in [2.05, 4.69) is 15.3 Å². The van der Waals surface area contributed by atoms with E-state index < -0.39 is 11.5 Å². The summed E-state index contributed by atoms with van der Waals surface area (Å²) in [6, 6.07) is 7.15. The van der Waals surface area contributed by atoms with Crippen molar-refractivity contribution in [3.63, 3.8) is 0 Å². The van der Waals surface area contributed by atoms with Crippen molar-refractivity contribution in [2.45, 2.75) is 50.8 Å². The van der Waals surface area contributed by atoms with E-state index in [9.17, 15) is 14.4 Å². The van der Waals surface area contributed by atoms with E-state index in [1.807, 2.05) is 19.9 Å². The molecule has 0 aliphatic heterocycles. The number of hydrogen-bond donors (Lipinski definition) is 3. The van der Waals surface area contributed by atoms with Gasteiger partial charge in [-0.3, -0.25) is 14.4 Å². The third-order valence-corrected chi connectivity index (χ3v) is 5.59. The van der Waals surface area contributed by atoms with Gasteiger partial charge in [-0.1, -0.05) is 26.0 Å². The number of carbonyl (C=O) groups excluding carboxylic acids is 1. The second-order valence-electron chi connectivity index (χ2n) is 6.44. The molecule has 2 rings (SSSR count). The quantitative estimate of drug-likeness (QED) is 0.537. The van der Waals surface area contributed by atoms with Crippen molar-refractivity contribution in [3.8, 4) is 0 Å². The van der Waals surface area contributed by atoms with Gasteiger partial charge in [-0.05, 0) is 25.0 Å². The van der Waals surface area contributed by atoms with Gasteiger partial charge >= 0.3 is 5.97 Å². The fraction of sp³-hybridized carbons (Fsp3) is 0.474. The van der Waals surface area contributed by atoms with Crippen molar-refractivity contribution in [2.75, 3.05) is 5.75 Å². The highest BCUT2D eigenvalue weighted by Gasteiger charge is 2.30. The second kappa shape index (κ2) is 9.55. The molecule has 0 radical (unpaired) electrons. The van der Waals surface area contributed by atoms with E-state index in [0.29, 0.717) is 41.1 Å². The normalized spacial score (nSPS) is 11.5. The van der Waals surface area contributed by atoms with Gasteiger partial charge in [0.2, 0.25) is 5.91 Å². The number of carboxylic acid groups (broad SMARTS) is 1. The van der Waals surface area contributed by atoms with Gasteiger partial charge in [0.1, 0.15) is 5.82 Å². The first-order valence-corrected chi connectivity index (χ1v) is 10.1. The molecule has 7 nitrogen and oxygen atoms in total. The maximum absolute atomic E-state index is 12.2. The average Bonchev–Trinajstić information content (AvgIpc) is 2.64. The minimum atomic E-state index is -0.917. The summed E-state index contributed by atoms with van der Waals surface area (Å²) >= 11 is 1.50. The number of aromatic amines is 1. The molecule has 1 heterocycles. The number of rotatable bonds is 10. The molecule has 27 heavy (non-hydrogen) atoms. The van der Waals surface area contributed by atoms with E-state index >= 15 is 0 Å². The zero-order chi connectivity index (χ0) is 19.9. The molecule has 0 spiro atoms. The van der Waals surface area contributed by atoms with E-state index in [1.54, 1.807) is 18.2 Å². The molecule has 3 N–H and O–H groups in total. The lowest BCUT2D eigenvalue weighted by molar-refractivity contribution is -0.139. The number of para-hydroxylation sites is 1. The first-order chi connectivity index (χ1) is 12.9. The van der Waals surface area contributed by atoms with Gasteiger partial charge in [0.15, 0.2) is 0 Å². The number of H-pyrrole nitrogens is 1. The van der Waals surface area contributed by atoms with Crippen LogP contribution in [0, 0.1) is 0 Å². The Morgan fingerprint density at radius 1 is 1.26 bits per heavy atom. The van der Waals surface area contributed by atoms with Gasteiger partial charge in [0, 0.05) is 17.7 Å². The van der Waals surface area contributed by atoms with Crippen molar-refractivity contribution in [1.29, 1.82) is 0 Å². The molecular weight excluding hydrogens is 366 g/mol. The lowest BCUT2D eigenvalue weighted by Crippen LogP contribution is -2.49. The highest BCUT2D eigenvalue weighted by Crippen LogP contribution is 2.20. The molecule has 0 fully saturated rings. The lowest BCUT2D eigenvalue weighted by atomic mass is 9.89. The minimum Gasteiger partial charge on any atom is -0.481 e. The molecule has 8 heteroatoms. The molecular formula is C19H25N3O4S. The summed E-state index contributed by atoms with van der Waals surface area (Å²) in [5.74, 6) is 0.548. The average molecular weight is 391 g/mol. The van der Waals surface area contributed by atoms with Crippen LogP contribution < -0.4 is 10.9 Å². The maximum Gasteiger partial charge on any atom is 0.305 e. The summed E-state index contributed by atoms with van der Waals surface area (Å²) in [6.07, 6.45) is 1.33. The number of benzene rings is 1. The van der Waals surface area contributed by atoms with E-state index in [0.717, 1.165) is 0 Å². The van der Waals surface area contributed by atoms with Crippen molar-refractivity contribution < 1.29 is 14.7 Å². The smallest absolute Gasteiger partial charge is 0.305 e. The fourth-order valence-electron chi connectivity index (χ4n) is 2.91. The first-order valence-electron chi connectivity index (χ1n) is 8.97. The van der Waals surface area contributed by atoms with Gasteiger partial charge in [0.25, 0.3) is 5.56 Å². The summed E-state index contributed by atoms with van der Waals surface area (Å²) in [6.45, 7) is 3.76. The number of amides is 1. The van der Waals surface area contributed by atoms with E-state index in [-0.39, 0.29) is 24.3 Å². The predicted octanol–water partition coefficient (Wildman–Crippen LogP) is 2.70. The van der Waals surface area contributed by atoms with E-state index in [1.165, 1.54) is 11.8 Å². The number of aliphatic carboxylic acids is 1. The highest BCUT2D eigenvalue weighted by atomic mass is 32.2. The number of hydrogen-bond acceptors (Lipinski definition) is 5. The Kier molecular flexibility index (Phi) is 7.41. The molecule has 146 valence electrons. The lowest BCUT2D eigenvalue weighted by Gasteiger charge is -2.31. The van der Waals surface area contributed by atoms with Crippen LogP contribution in [0.5, 0.6) is 0 Å². The topological polar surface area (TPSA) is 112 Å². The van der Waals surface area contributed by atoms with Crippen LogP contribution in [-0.2, 0) is 15.3 Å². The molecule has 1 aromatic heterocycles. The van der Waals surface area contributed by atoms with Gasteiger partial charge in [-0.2, -0.15) is 11.8 Å². The van der Waals surface area contributed by atoms with Crippen LogP contribution in [0.15, 0.2) is 29.1 Å². The van der Waals surface area contributed by atoms with Crippen LogP contribution in [0.4, 0.5) is 0 Å². The van der Waals surface area contributed by atoms with Gasteiger partial charge < -0.3 is 15.4 Å². The number of nitrogens with one attached hydrogen (secondary N) is 2. The number of aromatic nitrogens is 2. The van der Waals surface area contributed by atoms with Crippen LogP contribution in [0.2, 0.25) is 0 Å². The largest absolute Gasteiger partial charge is 0.481 e. The van der Waals surface area contributed by atoms with Gasteiger partial charge in [-0.15, -0.1) is 0 Å². The number of carboxylic acids is 1.